The summed E-state index contributed by atoms with van der Waals surface area (Å²) in [6.07, 6.45) is 0. The van der Waals surface area contributed by atoms with E-state index in [9.17, 15) is 14.9 Å². The number of hydrogen-bond acceptors (Lipinski definition) is 8. The molecule has 0 spiro atoms. The number of rotatable bonds is 7. The van der Waals surface area contributed by atoms with Crippen LogP contribution in [0.15, 0.2) is 46.8 Å². The third-order valence-corrected chi connectivity index (χ3v) is 5.84. The Bertz CT molecular complexity index is 1030. The van der Waals surface area contributed by atoms with Crippen LogP contribution < -0.4 is 10.6 Å². The molecular weight excluding hydrogens is 422 g/mol. The maximum absolute atomic E-state index is 12.1. The van der Waals surface area contributed by atoms with Gasteiger partial charge < -0.3 is 10.6 Å². The highest BCUT2D eigenvalue weighted by molar-refractivity contribution is 8.01. The molecule has 0 bridgehead atoms. The van der Waals surface area contributed by atoms with Crippen LogP contribution in [-0.2, 0) is 4.79 Å². The largest absolute Gasteiger partial charge is 0.330 e. The molecule has 0 aliphatic rings. The molecule has 0 saturated heterocycles. The third-order valence-electron chi connectivity index (χ3n) is 3.55. The van der Waals surface area contributed by atoms with Gasteiger partial charge in [-0.05, 0) is 30.7 Å². The summed E-state index contributed by atoms with van der Waals surface area (Å²) in [6, 6.07) is 11.9. The number of aromatic nitrogens is 2. The average molecular weight is 436 g/mol. The number of para-hydroxylation sites is 1. The Labute approximate surface area is 173 Å². The van der Waals surface area contributed by atoms with E-state index in [1.54, 1.807) is 0 Å². The molecule has 0 radical (unpaired) electrons. The number of nitrogens with zero attached hydrogens (tertiary/aromatic N) is 3. The van der Waals surface area contributed by atoms with Crippen molar-refractivity contribution in [1.29, 1.82) is 0 Å². The molecule has 0 saturated carbocycles. The highest BCUT2D eigenvalue weighted by Crippen LogP contribution is 2.30. The number of thioether (sulfide) groups is 1. The number of aryl methyl sites for hydroxylation is 1. The van der Waals surface area contributed by atoms with Crippen LogP contribution in [0.5, 0.6) is 0 Å². The van der Waals surface area contributed by atoms with Crippen LogP contribution >= 0.6 is 34.7 Å². The molecule has 8 nitrogen and oxygen atoms in total. The number of carbonyl (C=O) groups excluding carboxylic acids is 1. The van der Waals surface area contributed by atoms with Crippen molar-refractivity contribution < 1.29 is 9.72 Å². The summed E-state index contributed by atoms with van der Waals surface area (Å²) in [6.45, 7) is 1.99. The molecule has 3 rings (SSSR count). The highest BCUT2D eigenvalue weighted by Gasteiger charge is 2.14. The van der Waals surface area contributed by atoms with E-state index in [0.717, 1.165) is 11.3 Å². The molecule has 1 aromatic heterocycles. The first kappa shape index (κ1) is 20.1. The predicted molar refractivity (Wildman–Crippen MR) is 112 cm³/mol. The predicted octanol–water partition coefficient (Wildman–Crippen LogP) is 4.88. The molecule has 144 valence electrons. The Hall–Kier alpha value is -2.69. The molecule has 1 amide bonds. The Morgan fingerprint density at radius 2 is 2.07 bits per heavy atom. The molecule has 28 heavy (non-hydrogen) atoms. The van der Waals surface area contributed by atoms with Crippen LogP contribution in [0.2, 0.25) is 5.02 Å². The first-order chi connectivity index (χ1) is 13.4. The zero-order valence-electron chi connectivity index (χ0n) is 14.5. The molecule has 2 aromatic carbocycles. The van der Waals surface area contributed by atoms with Crippen molar-refractivity contribution in [1.82, 2.24) is 10.2 Å². The number of carbonyl (C=O) groups is 1. The van der Waals surface area contributed by atoms with Crippen LogP contribution in [0.4, 0.5) is 22.2 Å². The summed E-state index contributed by atoms with van der Waals surface area (Å²) in [5.41, 5.74) is 2.07. The van der Waals surface area contributed by atoms with E-state index in [4.69, 9.17) is 11.6 Å². The number of anilines is 3. The van der Waals surface area contributed by atoms with E-state index in [0.29, 0.717) is 15.2 Å². The summed E-state index contributed by atoms with van der Waals surface area (Å²) < 4.78 is 0.633. The number of nitro groups is 1. The molecule has 2 N–H and O–H groups in total. The number of hydrogen-bond donors (Lipinski definition) is 2. The molecule has 0 unspecified atom stereocenters. The van der Waals surface area contributed by atoms with Crippen LogP contribution in [0.3, 0.4) is 0 Å². The topological polar surface area (TPSA) is 110 Å². The van der Waals surface area contributed by atoms with Crippen molar-refractivity contribution in [3.8, 4) is 0 Å². The van der Waals surface area contributed by atoms with E-state index in [1.807, 2.05) is 31.2 Å². The molecule has 3 aromatic rings. The summed E-state index contributed by atoms with van der Waals surface area (Å²) in [5, 5.41) is 25.5. The second-order valence-corrected chi connectivity index (χ2v) is 8.18. The molecular formula is C17H14ClN5O3S2. The number of nitro benzene ring substituents is 1. The summed E-state index contributed by atoms with van der Waals surface area (Å²) >= 11 is 8.33. The normalized spacial score (nSPS) is 10.5. The van der Waals surface area contributed by atoms with Gasteiger partial charge in [0.15, 0.2) is 4.34 Å². The average Bonchev–Trinajstić information content (AvgIpc) is 3.11. The number of halogens is 1. The van der Waals surface area contributed by atoms with Gasteiger partial charge in [-0.3, -0.25) is 14.9 Å². The van der Waals surface area contributed by atoms with Crippen molar-refractivity contribution >= 4 is 62.8 Å². The SMILES string of the molecule is Cc1ccccc1Nc1nnc(SCC(=O)Nc2ccc(Cl)c([N+](=O)[O-])c2)s1. The second-order valence-electron chi connectivity index (χ2n) is 5.57. The van der Waals surface area contributed by atoms with E-state index in [-0.39, 0.29) is 22.4 Å². The third kappa shape index (κ3) is 5.18. The van der Waals surface area contributed by atoms with E-state index in [1.165, 1.54) is 41.3 Å². The Morgan fingerprint density at radius 1 is 1.29 bits per heavy atom. The highest BCUT2D eigenvalue weighted by atomic mass is 35.5. The minimum absolute atomic E-state index is 0.0138. The van der Waals surface area contributed by atoms with Gasteiger partial charge in [0.05, 0.1) is 10.7 Å². The fourth-order valence-electron chi connectivity index (χ4n) is 2.20. The van der Waals surface area contributed by atoms with Gasteiger partial charge in [0.2, 0.25) is 11.0 Å². The number of nitrogens with one attached hydrogen (secondary N) is 2. The summed E-state index contributed by atoms with van der Waals surface area (Å²) in [7, 11) is 0. The van der Waals surface area contributed by atoms with Gasteiger partial charge in [0.25, 0.3) is 5.69 Å². The van der Waals surface area contributed by atoms with Gasteiger partial charge >= 0.3 is 0 Å². The van der Waals surface area contributed by atoms with Crippen molar-refractivity contribution in [3.05, 3.63) is 63.2 Å². The van der Waals surface area contributed by atoms with E-state index >= 15 is 0 Å². The number of amides is 1. The maximum atomic E-state index is 12.1. The minimum atomic E-state index is -0.600. The van der Waals surface area contributed by atoms with Gasteiger partial charge in [0, 0.05) is 17.4 Å². The lowest BCUT2D eigenvalue weighted by molar-refractivity contribution is -0.384. The summed E-state index contributed by atoms with van der Waals surface area (Å²) in [4.78, 5) is 22.4. The lowest BCUT2D eigenvalue weighted by Gasteiger charge is -2.05. The van der Waals surface area contributed by atoms with E-state index < -0.39 is 4.92 Å². The van der Waals surface area contributed by atoms with E-state index in [2.05, 4.69) is 20.8 Å². The van der Waals surface area contributed by atoms with Crippen LogP contribution in [0.1, 0.15) is 5.56 Å². The standard InChI is InChI=1S/C17H14ClN5O3S2/c1-10-4-2-3-5-13(10)20-16-21-22-17(28-16)27-9-15(24)19-11-6-7-12(18)14(8-11)23(25)26/h2-8H,9H2,1H3,(H,19,24)(H,20,21). The Morgan fingerprint density at radius 3 is 2.82 bits per heavy atom. The molecule has 11 heteroatoms. The Kier molecular flexibility index (Phi) is 6.45. The quantitative estimate of drug-likeness (QED) is 0.309. The lowest BCUT2D eigenvalue weighted by Crippen LogP contribution is -2.14. The fraction of sp³-hybridized carbons (Fsp3) is 0.118. The summed E-state index contributed by atoms with van der Waals surface area (Å²) in [5.74, 6) is -0.222. The molecule has 0 aliphatic heterocycles. The molecule has 0 fully saturated rings. The first-order valence-electron chi connectivity index (χ1n) is 7.95. The van der Waals surface area contributed by atoms with Gasteiger partial charge in [-0.1, -0.05) is 52.9 Å². The molecule has 1 heterocycles. The van der Waals surface area contributed by atoms with Crippen LogP contribution in [0, 0.1) is 17.0 Å². The van der Waals surface area contributed by atoms with Crippen molar-refractivity contribution in [2.45, 2.75) is 11.3 Å². The van der Waals surface area contributed by atoms with Gasteiger partial charge in [-0.25, -0.2) is 0 Å². The van der Waals surface area contributed by atoms with Gasteiger partial charge in [-0.2, -0.15) is 0 Å². The minimum Gasteiger partial charge on any atom is -0.330 e. The lowest BCUT2D eigenvalue weighted by atomic mass is 10.2. The van der Waals surface area contributed by atoms with Gasteiger partial charge in [0.1, 0.15) is 5.02 Å². The zero-order chi connectivity index (χ0) is 20.1. The maximum Gasteiger partial charge on any atom is 0.289 e. The van der Waals surface area contributed by atoms with Crippen LogP contribution in [-0.4, -0.2) is 26.8 Å². The monoisotopic (exact) mass is 435 g/mol. The van der Waals surface area contributed by atoms with Crippen molar-refractivity contribution in [2.24, 2.45) is 0 Å². The Balaban J connectivity index is 1.55. The van der Waals surface area contributed by atoms with Gasteiger partial charge in [-0.15, -0.1) is 10.2 Å². The van der Waals surface area contributed by atoms with Crippen molar-refractivity contribution in [3.63, 3.8) is 0 Å². The molecule has 0 aliphatic carbocycles. The molecule has 0 atom stereocenters. The zero-order valence-corrected chi connectivity index (χ0v) is 16.9. The number of benzene rings is 2. The fourth-order valence-corrected chi connectivity index (χ4v) is 3.95. The smallest absolute Gasteiger partial charge is 0.289 e. The van der Waals surface area contributed by atoms with Crippen molar-refractivity contribution in [2.75, 3.05) is 16.4 Å². The second kappa shape index (κ2) is 9.00. The first-order valence-corrected chi connectivity index (χ1v) is 10.1. The van der Waals surface area contributed by atoms with Crippen LogP contribution in [0.25, 0.3) is 0 Å².